The standard InChI is InChI=1S/C24H28FN3O.C2HF3O2/c1-18-4-3-15-28(18,23-13-14-26-17-23)22-10-8-21(9-11-22)27-24(29)12-7-19-5-2-6-20(25)16-19;3-2(4,5)1(6)7/h2,5-12,16,18,23,26H,3-4,13-15,17H2,1H3;(H,6,7)/p+1/b12-7+;. The van der Waals surface area contributed by atoms with Gasteiger partial charge in [-0.05, 0) is 42.8 Å². The summed E-state index contributed by atoms with van der Waals surface area (Å²) in [4.78, 5) is 21.1. The molecule has 1 amide bonds. The number of halogens is 4. The fraction of sp³-hybridized carbons (Fsp3) is 0.385. The highest BCUT2D eigenvalue weighted by molar-refractivity contribution is 6.02. The number of benzene rings is 2. The smallest absolute Gasteiger partial charge is 0.475 e. The van der Waals surface area contributed by atoms with Crippen LogP contribution in [-0.4, -0.2) is 54.9 Å². The molecule has 2 saturated heterocycles. The van der Waals surface area contributed by atoms with Crippen LogP contribution in [0.3, 0.4) is 0 Å². The van der Waals surface area contributed by atoms with Gasteiger partial charge in [-0.25, -0.2) is 9.18 Å². The first-order valence-corrected chi connectivity index (χ1v) is 11.8. The molecule has 3 atom stereocenters. The number of amides is 1. The summed E-state index contributed by atoms with van der Waals surface area (Å²) in [5, 5.41) is 13.6. The Morgan fingerprint density at radius 3 is 2.36 bits per heavy atom. The molecule has 2 heterocycles. The minimum absolute atomic E-state index is 0.222. The number of likely N-dealkylation sites (tertiary alicyclic amines) is 1. The lowest BCUT2D eigenvalue weighted by Crippen LogP contribution is -2.59. The molecule has 36 heavy (non-hydrogen) atoms. The number of carboxylic acid groups (broad SMARTS) is 1. The molecule has 0 bridgehead atoms. The van der Waals surface area contributed by atoms with E-state index >= 15 is 0 Å². The molecule has 2 aliphatic rings. The first kappa shape index (κ1) is 27.3. The van der Waals surface area contributed by atoms with Crippen LogP contribution < -0.4 is 15.1 Å². The SMILES string of the molecule is CC1CCC[N+]1(c1ccc(NC(=O)/C=C/c2cccc(F)c2)cc1)C1CCNC1.O=C(O)C(F)(F)F. The maximum Gasteiger partial charge on any atom is 0.490 e. The average molecular weight is 509 g/mol. The van der Waals surface area contributed by atoms with Crippen LogP contribution >= 0.6 is 0 Å². The van der Waals surface area contributed by atoms with E-state index in [2.05, 4.69) is 29.7 Å². The van der Waals surface area contributed by atoms with E-state index in [1.54, 1.807) is 18.2 Å². The fourth-order valence-corrected chi connectivity index (χ4v) is 5.06. The maximum atomic E-state index is 13.2. The third-order valence-corrected chi connectivity index (χ3v) is 6.76. The van der Waals surface area contributed by atoms with E-state index in [-0.39, 0.29) is 11.7 Å². The zero-order valence-electron chi connectivity index (χ0n) is 19.9. The summed E-state index contributed by atoms with van der Waals surface area (Å²) in [6, 6.07) is 15.8. The van der Waals surface area contributed by atoms with Crippen molar-refractivity contribution in [3.05, 3.63) is 66.0 Å². The van der Waals surface area contributed by atoms with E-state index < -0.39 is 12.1 Å². The lowest BCUT2D eigenvalue weighted by atomic mass is 10.1. The summed E-state index contributed by atoms with van der Waals surface area (Å²) < 4.78 is 46.0. The van der Waals surface area contributed by atoms with Crippen molar-refractivity contribution in [3.63, 3.8) is 0 Å². The van der Waals surface area contributed by atoms with Crippen molar-refractivity contribution >= 4 is 29.3 Å². The molecule has 2 aromatic rings. The predicted octanol–water partition coefficient (Wildman–Crippen LogP) is 4.96. The first-order valence-electron chi connectivity index (χ1n) is 11.8. The van der Waals surface area contributed by atoms with Crippen molar-refractivity contribution in [2.75, 3.05) is 25.0 Å². The highest BCUT2D eigenvalue weighted by Crippen LogP contribution is 2.39. The predicted molar refractivity (Wildman–Crippen MR) is 131 cm³/mol. The lowest BCUT2D eigenvalue weighted by molar-refractivity contribution is -0.192. The molecule has 0 aliphatic carbocycles. The van der Waals surface area contributed by atoms with Gasteiger partial charge in [0.25, 0.3) is 0 Å². The first-order chi connectivity index (χ1) is 17.0. The van der Waals surface area contributed by atoms with Gasteiger partial charge in [-0.2, -0.15) is 13.2 Å². The number of hydrogen-bond donors (Lipinski definition) is 3. The van der Waals surface area contributed by atoms with Gasteiger partial charge in [-0.3, -0.25) is 9.28 Å². The van der Waals surface area contributed by atoms with Crippen molar-refractivity contribution < 1.29 is 32.3 Å². The molecular formula is C26H30F4N3O3+. The molecule has 3 N–H and O–H groups in total. The molecule has 0 aromatic heterocycles. The molecule has 2 fully saturated rings. The molecule has 194 valence electrons. The van der Waals surface area contributed by atoms with Crippen LogP contribution in [0.15, 0.2) is 54.6 Å². The number of hydrogen-bond acceptors (Lipinski definition) is 3. The number of carbonyl (C=O) groups excluding carboxylic acids is 1. The molecular weight excluding hydrogens is 478 g/mol. The third kappa shape index (κ3) is 6.70. The Hall–Kier alpha value is -3.24. The van der Waals surface area contributed by atoms with Crippen molar-refractivity contribution in [2.45, 2.75) is 44.4 Å². The van der Waals surface area contributed by atoms with Crippen molar-refractivity contribution in [2.24, 2.45) is 0 Å². The van der Waals surface area contributed by atoms with Crippen LogP contribution in [0.4, 0.5) is 28.9 Å². The molecule has 2 aliphatic heterocycles. The number of quaternary nitrogens is 1. The highest BCUT2D eigenvalue weighted by Gasteiger charge is 2.47. The number of anilines is 1. The van der Waals surface area contributed by atoms with Crippen LogP contribution in [0, 0.1) is 5.82 Å². The summed E-state index contributed by atoms with van der Waals surface area (Å²) in [6.07, 6.45) is 1.71. The number of rotatable bonds is 5. The fourth-order valence-electron chi connectivity index (χ4n) is 5.06. The summed E-state index contributed by atoms with van der Waals surface area (Å²) >= 11 is 0. The molecule has 2 aromatic carbocycles. The van der Waals surface area contributed by atoms with Crippen LogP contribution in [0.1, 0.15) is 31.7 Å². The van der Waals surface area contributed by atoms with E-state index in [0.717, 1.165) is 23.3 Å². The van der Waals surface area contributed by atoms with Crippen LogP contribution in [0.5, 0.6) is 0 Å². The topological polar surface area (TPSA) is 78.4 Å². The van der Waals surface area contributed by atoms with Crippen molar-refractivity contribution in [3.8, 4) is 0 Å². The number of alkyl halides is 3. The van der Waals surface area contributed by atoms with Crippen LogP contribution in [0.25, 0.3) is 6.08 Å². The largest absolute Gasteiger partial charge is 0.490 e. The normalized spacial score (nSPS) is 23.8. The van der Waals surface area contributed by atoms with Crippen LogP contribution in [-0.2, 0) is 9.59 Å². The van der Waals surface area contributed by atoms with E-state index in [1.807, 2.05) is 12.1 Å². The Bertz CT molecular complexity index is 1080. The van der Waals surface area contributed by atoms with Gasteiger partial charge < -0.3 is 15.7 Å². The quantitative estimate of drug-likeness (QED) is 0.303. The Balaban J connectivity index is 0.000000454. The Morgan fingerprint density at radius 2 is 1.83 bits per heavy atom. The second-order valence-corrected chi connectivity index (χ2v) is 9.02. The van der Waals surface area contributed by atoms with Gasteiger partial charge in [-0.1, -0.05) is 12.1 Å². The van der Waals surface area contributed by atoms with Crippen molar-refractivity contribution in [1.82, 2.24) is 9.80 Å². The summed E-state index contributed by atoms with van der Waals surface area (Å²) in [5.41, 5.74) is 2.78. The number of aliphatic carboxylic acids is 1. The van der Waals surface area contributed by atoms with E-state index in [9.17, 15) is 22.4 Å². The molecule has 0 spiro atoms. The van der Waals surface area contributed by atoms with Gasteiger partial charge in [0.05, 0.1) is 12.6 Å². The minimum Gasteiger partial charge on any atom is -0.475 e. The second-order valence-electron chi connectivity index (χ2n) is 9.02. The average Bonchev–Trinajstić information content (AvgIpc) is 3.49. The number of carbonyl (C=O) groups is 2. The molecule has 10 heteroatoms. The third-order valence-electron chi connectivity index (χ3n) is 6.76. The van der Waals surface area contributed by atoms with E-state index in [1.165, 1.54) is 49.7 Å². The van der Waals surface area contributed by atoms with Gasteiger partial charge in [0.2, 0.25) is 5.91 Å². The Morgan fingerprint density at radius 1 is 1.14 bits per heavy atom. The van der Waals surface area contributed by atoms with E-state index in [4.69, 9.17) is 9.90 Å². The Kier molecular flexibility index (Phi) is 8.86. The van der Waals surface area contributed by atoms with Gasteiger partial charge >= 0.3 is 12.1 Å². The summed E-state index contributed by atoms with van der Waals surface area (Å²) in [6.45, 7) is 5.74. The van der Waals surface area contributed by atoms with Crippen molar-refractivity contribution in [1.29, 1.82) is 0 Å². The highest BCUT2D eigenvalue weighted by atomic mass is 19.4. The monoisotopic (exact) mass is 508 g/mol. The van der Waals surface area contributed by atoms with Gasteiger partial charge in [0.15, 0.2) is 0 Å². The Labute approximate surface area is 207 Å². The molecule has 6 nitrogen and oxygen atoms in total. The van der Waals surface area contributed by atoms with Crippen LogP contribution in [0.2, 0.25) is 0 Å². The maximum absolute atomic E-state index is 13.2. The second kappa shape index (κ2) is 11.7. The molecule has 0 saturated carbocycles. The van der Waals surface area contributed by atoms with Gasteiger partial charge in [0, 0.05) is 56.2 Å². The van der Waals surface area contributed by atoms with Gasteiger partial charge in [-0.15, -0.1) is 0 Å². The zero-order chi connectivity index (χ0) is 26.3. The van der Waals surface area contributed by atoms with Gasteiger partial charge in [0.1, 0.15) is 17.5 Å². The van der Waals surface area contributed by atoms with E-state index in [0.29, 0.717) is 17.6 Å². The summed E-state index contributed by atoms with van der Waals surface area (Å²) in [7, 11) is 0. The lowest BCUT2D eigenvalue weighted by Gasteiger charge is -2.43. The molecule has 0 radical (unpaired) electrons. The number of carboxylic acids is 1. The zero-order valence-corrected chi connectivity index (χ0v) is 19.9. The summed E-state index contributed by atoms with van der Waals surface area (Å²) in [5.74, 6) is -3.29. The molecule has 4 rings (SSSR count). The molecule has 3 unspecified atom stereocenters. The number of nitrogens with one attached hydrogen (secondary N) is 2. The minimum atomic E-state index is -5.08. The number of nitrogens with zero attached hydrogens (tertiary/aromatic N) is 1.